The first-order chi connectivity index (χ1) is 12.4. The highest BCUT2D eigenvalue weighted by Crippen LogP contribution is 2.28. The Bertz CT molecular complexity index is 837. The summed E-state index contributed by atoms with van der Waals surface area (Å²) in [5.41, 5.74) is 1.01. The molecule has 1 saturated heterocycles. The third-order valence-corrected chi connectivity index (χ3v) is 5.24. The maximum absolute atomic E-state index is 12.1. The van der Waals surface area contributed by atoms with Crippen LogP contribution in [0.2, 0.25) is 0 Å². The lowest BCUT2D eigenvalue weighted by Crippen LogP contribution is -2.90. The van der Waals surface area contributed by atoms with Crippen molar-refractivity contribution in [1.29, 1.82) is 0 Å². The molecule has 134 valence electrons. The van der Waals surface area contributed by atoms with Gasteiger partial charge in [-0.25, -0.2) is 4.79 Å². The molecule has 26 heavy (non-hydrogen) atoms. The molecule has 2 aromatic rings. The topological polar surface area (TPSA) is 126 Å². The number of rotatable bonds is 5. The highest BCUT2D eigenvalue weighted by Gasteiger charge is 2.30. The maximum atomic E-state index is 12.1. The van der Waals surface area contributed by atoms with E-state index in [2.05, 4.69) is 0 Å². The summed E-state index contributed by atoms with van der Waals surface area (Å²) in [6, 6.07) is 11.4. The molecule has 0 amide bonds. The maximum Gasteiger partial charge on any atom is 0.343 e. The average molecular weight is 374 g/mol. The quantitative estimate of drug-likeness (QED) is 0.344. The molecule has 2 N–H and O–H groups in total. The number of quaternary nitrogens is 1. The van der Waals surface area contributed by atoms with E-state index in [9.17, 15) is 24.8 Å². The fraction of sp³-hybridized carbons (Fsp3) is 0.176. The lowest BCUT2D eigenvalue weighted by molar-refractivity contribution is -0.690. The molecule has 1 heterocycles. The largest absolute Gasteiger partial charge is 0.544 e. The Hall–Kier alpha value is -2.91. The van der Waals surface area contributed by atoms with Crippen LogP contribution >= 0.6 is 11.8 Å². The minimum atomic E-state index is -1.08. The van der Waals surface area contributed by atoms with Crippen molar-refractivity contribution in [2.45, 2.75) is 11.4 Å². The van der Waals surface area contributed by atoms with Crippen LogP contribution in [0.5, 0.6) is 5.75 Å². The number of hydrogen-bond donors (Lipinski definition) is 1. The zero-order valence-corrected chi connectivity index (χ0v) is 14.2. The standard InChI is InChI=1S/C17H14N2O6S/c20-16(21)14-9-26-15(18-14)10-3-7-13(8-4-10)25-17(22)11-1-5-12(6-2-11)19(23)24/h1-8,14-15,18H,9H2,(H,20,21)/t14-,15-/m1/s1. The zero-order chi connectivity index (χ0) is 18.7. The van der Waals surface area contributed by atoms with E-state index in [4.69, 9.17) is 4.74 Å². The molecule has 1 aliphatic rings. The fourth-order valence-corrected chi connectivity index (χ4v) is 3.81. The summed E-state index contributed by atoms with van der Waals surface area (Å²) in [6.07, 6.45) is 0. The first-order valence-electron chi connectivity index (χ1n) is 7.68. The molecule has 1 fully saturated rings. The van der Waals surface area contributed by atoms with Gasteiger partial charge in [0, 0.05) is 17.7 Å². The van der Waals surface area contributed by atoms with Gasteiger partial charge in [0.25, 0.3) is 5.69 Å². The number of nitro benzene ring substituents is 1. The van der Waals surface area contributed by atoms with Crippen LogP contribution in [0.4, 0.5) is 5.69 Å². The third-order valence-electron chi connectivity index (χ3n) is 3.90. The Morgan fingerprint density at radius 2 is 1.77 bits per heavy atom. The Balaban J connectivity index is 1.63. The van der Waals surface area contributed by atoms with Crippen molar-refractivity contribution < 1.29 is 29.7 Å². The Kier molecular flexibility index (Phi) is 5.19. The number of benzene rings is 2. The van der Waals surface area contributed by atoms with Crippen LogP contribution in [-0.2, 0) is 4.79 Å². The number of nitrogens with two attached hydrogens (primary N) is 1. The molecule has 0 aliphatic carbocycles. The second-order valence-corrected chi connectivity index (χ2v) is 6.81. The predicted octanol–water partition coefficient (Wildman–Crippen LogP) is 0.241. The van der Waals surface area contributed by atoms with Gasteiger partial charge in [-0.2, -0.15) is 0 Å². The Labute approximate surface area is 152 Å². The van der Waals surface area contributed by atoms with Crippen LogP contribution in [-0.4, -0.2) is 28.7 Å². The first-order valence-corrected chi connectivity index (χ1v) is 8.73. The summed E-state index contributed by atoms with van der Waals surface area (Å²) in [6.45, 7) is 0. The Morgan fingerprint density at radius 3 is 2.31 bits per heavy atom. The van der Waals surface area contributed by atoms with E-state index >= 15 is 0 Å². The van der Waals surface area contributed by atoms with Gasteiger partial charge in [-0.15, -0.1) is 0 Å². The number of aliphatic carboxylic acids is 1. The van der Waals surface area contributed by atoms with E-state index in [1.54, 1.807) is 29.6 Å². The molecule has 0 radical (unpaired) electrons. The molecule has 2 aromatic carbocycles. The smallest absolute Gasteiger partial charge is 0.343 e. The van der Waals surface area contributed by atoms with Gasteiger partial charge in [-0.3, -0.25) is 10.1 Å². The third kappa shape index (κ3) is 4.01. The molecule has 0 bridgehead atoms. The molecule has 1 aliphatic heterocycles. The molecule has 0 spiro atoms. The van der Waals surface area contributed by atoms with Gasteiger partial charge in [-0.05, 0) is 36.4 Å². The number of thioether (sulfide) groups is 1. The summed E-state index contributed by atoms with van der Waals surface area (Å²) in [5.74, 6) is -0.888. The van der Waals surface area contributed by atoms with Gasteiger partial charge in [0.2, 0.25) is 0 Å². The van der Waals surface area contributed by atoms with Crippen LogP contribution in [0, 0.1) is 10.1 Å². The minimum absolute atomic E-state index is 0.0441. The summed E-state index contributed by atoms with van der Waals surface area (Å²) < 4.78 is 5.25. The average Bonchev–Trinajstić information content (AvgIpc) is 3.13. The van der Waals surface area contributed by atoms with E-state index in [0.717, 1.165) is 5.56 Å². The van der Waals surface area contributed by atoms with Crippen molar-refractivity contribution in [3.8, 4) is 5.75 Å². The van der Waals surface area contributed by atoms with Crippen molar-refractivity contribution >= 4 is 29.4 Å². The van der Waals surface area contributed by atoms with E-state index < -0.39 is 22.9 Å². The molecule has 9 heteroatoms. The summed E-state index contributed by atoms with van der Waals surface area (Å²) >= 11 is 1.51. The van der Waals surface area contributed by atoms with Gasteiger partial charge in [0.05, 0.1) is 16.2 Å². The summed E-state index contributed by atoms with van der Waals surface area (Å²) in [4.78, 5) is 33.1. The predicted molar refractivity (Wildman–Crippen MR) is 90.4 cm³/mol. The number of nitro groups is 1. The number of ether oxygens (including phenoxy) is 1. The van der Waals surface area contributed by atoms with Gasteiger partial charge in [0.1, 0.15) is 17.8 Å². The Morgan fingerprint density at radius 1 is 1.12 bits per heavy atom. The molecular weight excluding hydrogens is 360 g/mol. The second-order valence-electron chi connectivity index (χ2n) is 5.63. The monoisotopic (exact) mass is 374 g/mol. The summed E-state index contributed by atoms with van der Waals surface area (Å²) in [7, 11) is 0. The second kappa shape index (κ2) is 7.54. The molecule has 0 saturated carbocycles. The minimum Gasteiger partial charge on any atom is -0.544 e. The van der Waals surface area contributed by atoms with E-state index in [-0.39, 0.29) is 16.6 Å². The number of carbonyl (C=O) groups excluding carboxylic acids is 2. The van der Waals surface area contributed by atoms with Crippen LogP contribution in [0.3, 0.4) is 0 Å². The molecule has 3 rings (SSSR count). The number of hydrogen-bond acceptors (Lipinski definition) is 7. The number of carbonyl (C=O) groups is 2. The van der Waals surface area contributed by atoms with Crippen LogP contribution in [0.15, 0.2) is 48.5 Å². The lowest BCUT2D eigenvalue weighted by atomic mass is 10.2. The lowest BCUT2D eigenvalue weighted by Gasteiger charge is -2.11. The van der Waals surface area contributed by atoms with Crippen molar-refractivity contribution in [2.24, 2.45) is 0 Å². The molecule has 8 nitrogen and oxygen atoms in total. The number of nitrogens with zero attached hydrogens (tertiary/aromatic N) is 1. The van der Waals surface area contributed by atoms with E-state index in [1.807, 2.05) is 0 Å². The van der Waals surface area contributed by atoms with Crippen molar-refractivity contribution in [3.05, 3.63) is 69.8 Å². The number of carboxylic acids is 1. The van der Waals surface area contributed by atoms with Crippen LogP contribution in [0.25, 0.3) is 0 Å². The van der Waals surface area contributed by atoms with Crippen molar-refractivity contribution in [2.75, 3.05) is 5.75 Å². The normalized spacial score (nSPS) is 19.1. The van der Waals surface area contributed by atoms with Gasteiger partial charge in [0.15, 0.2) is 5.37 Å². The van der Waals surface area contributed by atoms with Crippen LogP contribution < -0.4 is 15.2 Å². The summed E-state index contributed by atoms with van der Waals surface area (Å²) in [5, 5.41) is 23.2. The van der Waals surface area contributed by atoms with Gasteiger partial charge >= 0.3 is 5.97 Å². The molecule has 2 atom stereocenters. The van der Waals surface area contributed by atoms with Crippen molar-refractivity contribution in [3.63, 3.8) is 0 Å². The number of non-ortho nitro benzene ring substituents is 1. The highest BCUT2D eigenvalue weighted by atomic mass is 32.2. The molecule has 0 unspecified atom stereocenters. The number of esters is 1. The molecule has 0 aromatic heterocycles. The first kappa shape index (κ1) is 17.9. The van der Waals surface area contributed by atoms with Crippen LogP contribution in [0.1, 0.15) is 21.3 Å². The van der Waals surface area contributed by atoms with E-state index in [0.29, 0.717) is 11.5 Å². The highest BCUT2D eigenvalue weighted by molar-refractivity contribution is 7.99. The van der Waals surface area contributed by atoms with Crippen molar-refractivity contribution in [1.82, 2.24) is 0 Å². The zero-order valence-electron chi connectivity index (χ0n) is 13.4. The van der Waals surface area contributed by atoms with E-state index in [1.165, 1.54) is 36.0 Å². The molecular formula is C17H14N2O6S. The number of carboxylic acid groups (broad SMARTS) is 1. The fourth-order valence-electron chi connectivity index (χ4n) is 2.49. The van der Waals surface area contributed by atoms with Gasteiger partial charge < -0.3 is 20.0 Å². The SMILES string of the molecule is O=C(Oc1ccc([C@@H]2[NH2+][C@@H](C(=O)[O-])CS2)cc1)c1ccc([N+](=O)[O-])cc1. The van der Waals surface area contributed by atoms with Gasteiger partial charge in [-0.1, -0.05) is 11.8 Å².